The number of methoxy groups -OCH3 is 1. The molecule has 5 heteroatoms. The van der Waals surface area contributed by atoms with Gasteiger partial charge in [-0.25, -0.2) is 0 Å². The topological polar surface area (TPSA) is 63.6 Å². The average molecular weight is 262 g/mol. The number of aliphatic carboxylic acids is 1. The molecule has 0 aromatic carbocycles. The normalized spacial score (nSPS) is 28.9. The smallest absolute Gasteiger partial charge is 0.319 e. The fourth-order valence-corrected chi connectivity index (χ4v) is 4.34. The second kappa shape index (κ2) is 6.50. The Morgan fingerprint density at radius 1 is 1.41 bits per heavy atom. The molecule has 0 radical (unpaired) electrons. The highest BCUT2D eigenvalue weighted by atomic mass is 32.2. The maximum absolute atomic E-state index is 12.3. The summed E-state index contributed by atoms with van der Waals surface area (Å²) in [5.41, 5.74) is 0. The van der Waals surface area contributed by atoms with Gasteiger partial charge in [-0.1, -0.05) is 13.8 Å². The molecule has 4 unspecified atom stereocenters. The molecule has 0 aromatic rings. The Balaban J connectivity index is 2.70. The molecule has 100 valence electrons. The number of carboxylic acids is 1. The number of hydrogen-bond donors (Lipinski definition) is 1. The van der Waals surface area contributed by atoms with Gasteiger partial charge in [0.2, 0.25) is 0 Å². The summed E-state index contributed by atoms with van der Waals surface area (Å²) in [4.78, 5) is 11.2. The number of ether oxygens (including phenoxy) is 1. The van der Waals surface area contributed by atoms with E-state index >= 15 is 0 Å². The van der Waals surface area contributed by atoms with Crippen LogP contribution in [-0.2, 0) is 20.3 Å². The van der Waals surface area contributed by atoms with Crippen molar-refractivity contribution in [3.05, 3.63) is 0 Å². The van der Waals surface area contributed by atoms with Crippen molar-refractivity contribution in [3.8, 4) is 0 Å². The van der Waals surface area contributed by atoms with E-state index in [0.717, 1.165) is 25.7 Å². The predicted molar refractivity (Wildman–Crippen MR) is 67.5 cm³/mol. The first-order chi connectivity index (χ1) is 7.97. The molecule has 0 bridgehead atoms. The van der Waals surface area contributed by atoms with Gasteiger partial charge < -0.3 is 9.84 Å². The number of carboxylic acid groups (broad SMARTS) is 1. The van der Waals surface area contributed by atoms with Crippen molar-refractivity contribution in [1.82, 2.24) is 0 Å². The molecule has 4 nitrogen and oxygen atoms in total. The van der Waals surface area contributed by atoms with Crippen LogP contribution in [0.3, 0.4) is 0 Å². The van der Waals surface area contributed by atoms with Gasteiger partial charge in [0, 0.05) is 23.2 Å². The van der Waals surface area contributed by atoms with Crippen LogP contribution < -0.4 is 0 Å². The summed E-state index contributed by atoms with van der Waals surface area (Å²) in [5, 5.41) is 8.36. The van der Waals surface area contributed by atoms with Crippen LogP contribution in [-0.4, -0.2) is 39.0 Å². The van der Waals surface area contributed by atoms with Gasteiger partial charge in [0.05, 0.1) is 6.10 Å². The van der Waals surface area contributed by atoms with Crippen molar-refractivity contribution < 1.29 is 18.8 Å². The molecule has 0 saturated heterocycles. The molecular weight excluding hydrogens is 240 g/mol. The lowest BCUT2D eigenvalue weighted by atomic mass is 9.97. The monoisotopic (exact) mass is 262 g/mol. The molecule has 1 saturated carbocycles. The summed E-state index contributed by atoms with van der Waals surface area (Å²) in [6.07, 6.45) is 3.67. The Morgan fingerprint density at radius 2 is 2.06 bits per heavy atom. The van der Waals surface area contributed by atoms with Gasteiger partial charge in [0.15, 0.2) is 0 Å². The Labute approximate surface area is 105 Å². The molecule has 0 amide bonds. The summed E-state index contributed by atoms with van der Waals surface area (Å²) in [5.74, 6) is -1.05. The van der Waals surface area contributed by atoms with Crippen LogP contribution in [0.15, 0.2) is 0 Å². The molecule has 1 fully saturated rings. The molecule has 1 aliphatic carbocycles. The minimum Gasteiger partial charge on any atom is -0.480 e. The third-order valence-corrected chi connectivity index (χ3v) is 5.67. The van der Waals surface area contributed by atoms with Gasteiger partial charge in [-0.05, 0) is 31.6 Å². The Bertz CT molecular complexity index is 290. The molecule has 0 aliphatic heterocycles. The van der Waals surface area contributed by atoms with Gasteiger partial charge in [-0.15, -0.1) is 0 Å². The van der Waals surface area contributed by atoms with E-state index in [4.69, 9.17) is 9.84 Å². The molecule has 0 aromatic heterocycles. The highest BCUT2D eigenvalue weighted by molar-refractivity contribution is 7.87. The first-order valence-corrected chi connectivity index (χ1v) is 7.40. The zero-order valence-corrected chi connectivity index (χ0v) is 11.5. The van der Waals surface area contributed by atoms with E-state index in [1.165, 1.54) is 0 Å². The standard InChI is InChI=1S/C12H22O4S/c1-8(2)11(12(13)14)17(15)10-6-4-5-9(7-10)16-3/h8-11H,4-7H2,1-3H3,(H,13,14). The summed E-state index contributed by atoms with van der Waals surface area (Å²) < 4.78 is 17.6. The largest absolute Gasteiger partial charge is 0.480 e. The van der Waals surface area contributed by atoms with Crippen molar-refractivity contribution in [2.75, 3.05) is 7.11 Å². The highest BCUT2D eigenvalue weighted by Gasteiger charge is 2.35. The van der Waals surface area contributed by atoms with Gasteiger partial charge in [-0.2, -0.15) is 0 Å². The average Bonchev–Trinajstić information content (AvgIpc) is 2.28. The molecule has 0 heterocycles. The first-order valence-electron chi connectivity index (χ1n) is 6.12. The van der Waals surface area contributed by atoms with E-state index < -0.39 is 22.0 Å². The molecule has 17 heavy (non-hydrogen) atoms. The predicted octanol–water partition coefficient (Wildman–Crippen LogP) is 1.80. The highest BCUT2D eigenvalue weighted by Crippen LogP contribution is 2.27. The van der Waals surface area contributed by atoms with Gasteiger partial charge in [0.1, 0.15) is 5.25 Å². The van der Waals surface area contributed by atoms with Crippen LogP contribution in [0.1, 0.15) is 39.5 Å². The van der Waals surface area contributed by atoms with Crippen molar-refractivity contribution >= 4 is 16.8 Å². The zero-order chi connectivity index (χ0) is 13.0. The fourth-order valence-electron chi connectivity index (χ4n) is 2.39. The van der Waals surface area contributed by atoms with Crippen LogP contribution >= 0.6 is 0 Å². The van der Waals surface area contributed by atoms with Gasteiger partial charge in [-0.3, -0.25) is 9.00 Å². The molecule has 1 N–H and O–H groups in total. The van der Waals surface area contributed by atoms with E-state index in [1.54, 1.807) is 7.11 Å². The SMILES string of the molecule is COC1CCCC(S(=O)C(C(=O)O)C(C)C)C1. The van der Waals surface area contributed by atoms with Crippen molar-refractivity contribution in [2.24, 2.45) is 5.92 Å². The van der Waals surface area contributed by atoms with E-state index in [2.05, 4.69) is 0 Å². The number of hydrogen-bond acceptors (Lipinski definition) is 3. The van der Waals surface area contributed by atoms with Crippen LogP contribution in [0.25, 0.3) is 0 Å². The molecule has 4 atom stereocenters. The summed E-state index contributed by atoms with van der Waals surface area (Å²) in [6, 6.07) is 0. The summed E-state index contributed by atoms with van der Waals surface area (Å²) in [7, 11) is 0.354. The van der Waals surface area contributed by atoms with Crippen molar-refractivity contribution in [3.63, 3.8) is 0 Å². The lowest BCUT2D eigenvalue weighted by Gasteiger charge is -2.30. The molecule has 1 rings (SSSR count). The van der Waals surface area contributed by atoms with Crippen LogP contribution in [0.5, 0.6) is 0 Å². The van der Waals surface area contributed by atoms with Crippen molar-refractivity contribution in [1.29, 1.82) is 0 Å². The molecular formula is C12H22O4S. The van der Waals surface area contributed by atoms with E-state index in [9.17, 15) is 9.00 Å². The quantitative estimate of drug-likeness (QED) is 0.820. The summed E-state index contributed by atoms with van der Waals surface area (Å²) in [6.45, 7) is 3.63. The van der Waals surface area contributed by atoms with Crippen LogP contribution in [0.4, 0.5) is 0 Å². The van der Waals surface area contributed by atoms with Crippen LogP contribution in [0.2, 0.25) is 0 Å². The Morgan fingerprint density at radius 3 is 2.53 bits per heavy atom. The maximum Gasteiger partial charge on any atom is 0.319 e. The third kappa shape index (κ3) is 3.78. The van der Waals surface area contributed by atoms with E-state index in [1.807, 2.05) is 13.8 Å². The zero-order valence-electron chi connectivity index (χ0n) is 10.7. The maximum atomic E-state index is 12.3. The lowest BCUT2D eigenvalue weighted by Crippen LogP contribution is -2.39. The van der Waals surface area contributed by atoms with Crippen LogP contribution in [0, 0.1) is 5.92 Å². The first kappa shape index (κ1) is 14.6. The number of rotatable bonds is 5. The Kier molecular flexibility index (Phi) is 5.59. The van der Waals surface area contributed by atoms with Gasteiger partial charge >= 0.3 is 5.97 Å². The number of carbonyl (C=O) groups is 1. The van der Waals surface area contributed by atoms with Gasteiger partial charge in [0.25, 0.3) is 0 Å². The molecule has 0 spiro atoms. The fraction of sp³-hybridized carbons (Fsp3) is 0.917. The Hall–Kier alpha value is -0.420. The minimum absolute atomic E-state index is 0.0304. The second-order valence-corrected chi connectivity index (χ2v) is 6.81. The lowest BCUT2D eigenvalue weighted by molar-refractivity contribution is -0.137. The second-order valence-electron chi connectivity index (χ2n) is 4.98. The third-order valence-electron chi connectivity index (χ3n) is 3.34. The minimum atomic E-state index is -1.31. The van der Waals surface area contributed by atoms with Crippen molar-refractivity contribution in [2.45, 2.75) is 56.1 Å². The molecule has 1 aliphatic rings. The van der Waals surface area contributed by atoms with E-state index in [0.29, 0.717) is 0 Å². The summed E-state index contributed by atoms with van der Waals surface area (Å²) >= 11 is 0. The van der Waals surface area contributed by atoms with E-state index in [-0.39, 0.29) is 17.3 Å².